The molecule has 0 unspecified atom stereocenters. The molecular formula is C15H20ClNO3. The number of halogens is 1. The molecule has 1 aromatic rings. The van der Waals surface area contributed by atoms with Gasteiger partial charge in [-0.2, -0.15) is 0 Å². The molecule has 1 aromatic carbocycles. The molecule has 4 nitrogen and oxygen atoms in total. The van der Waals surface area contributed by atoms with E-state index in [9.17, 15) is 9.59 Å². The van der Waals surface area contributed by atoms with Crippen molar-refractivity contribution in [2.45, 2.75) is 34.1 Å². The summed E-state index contributed by atoms with van der Waals surface area (Å²) >= 11 is 6.09. The van der Waals surface area contributed by atoms with Gasteiger partial charge >= 0.3 is 5.97 Å². The number of nitrogens with zero attached hydrogens (tertiary/aromatic N) is 1. The Morgan fingerprint density at radius 1 is 1.30 bits per heavy atom. The molecule has 0 heterocycles. The maximum absolute atomic E-state index is 12.5. The van der Waals surface area contributed by atoms with Crippen molar-refractivity contribution in [3.63, 3.8) is 0 Å². The van der Waals surface area contributed by atoms with Gasteiger partial charge in [-0.15, -0.1) is 0 Å². The normalized spacial score (nSPS) is 11.2. The minimum absolute atomic E-state index is 0.103. The standard InChI is InChI=1S/C15H20ClNO3/c1-10-11(16)6-5-7-12(10)17(9-8-13(18)19)14(20)15(2,3)4/h5-7H,8-9H2,1-4H3,(H,18,19). The Kier molecular flexibility index (Phi) is 5.17. The van der Waals surface area contributed by atoms with E-state index in [4.69, 9.17) is 16.7 Å². The summed E-state index contributed by atoms with van der Waals surface area (Å²) in [7, 11) is 0. The van der Waals surface area contributed by atoms with Crippen molar-refractivity contribution >= 4 is 29.2 Å². The lowest BCUT2D eigenvalue weighted by Gasteiger charge is -2.30. The molecule has 0 saturated carbocycles. The minimum atomic E-state index is -0.934. The van der Waals surface area contributed by atoms with Gasteiger partial charge in [0.05, 0.1) is 6.42 Å². The zero-order valence-corrected chi connectivity index (χ0v) is 13.0. The van der Waals surface area contributed by atoms with E-state index in [-0.39, 0.29) is 18.9 Å². The van der Waals surface area contributed by atoms with Crippen LogP contribution in [0.15, 0.2) is 18.2 Å². The van der Waals surface area contributed by atoms with Crippen molar-refractivity contribution in [2.24, 2.45) is 5.41 Å². The number of carboxylic acids is 1. The molecular weight excluding hydrogens is 278 g/mol. The highest BCUT2D eigenvalue weighted by atomic mass is 35.5. The van der Waals surface area contributed by atoms with Crippen LogP contribution in [0, 0.1) is 12.3 Å². The topological polar surface area (TPSA) is 57.6 Å². The van der Waals surface area contributed by atoms with E-state index in [2.05, 4.69) is 0 Å². The average molecular weight is 298 g/mol. The molecule has 0 aliphatic heterocycles. The van der Waals surface area contributed by atoms with Crippen molar-refractivity contribution in [2.75, 3.05) is 11.4 Å². The fraction of sp³-hybridized carbons (Fsp3) is 0.467. The van der Waals surface area contributed by atoms with Crippen LogP contribution < -0.4 is 4.90 Å². The molecule has 0 saturated heterocycles. The molecule has 20 heavy (non-hydrogen) atoms. The van der Waals surface area contributed by atoms with Gasteiger partial charge in [-0.05, 0) is 24.6 Å². The Morgan fingerprint density at radius 3 is 2.40 bits per heavy atom. The highest BCUT2D eigenvalue weighted by Gasteiger charge is 2.29. The zero-order valence-electron chi connectivity index (χ0n) is 12.2. The van der Waals surface area contributed by atoms with Crippen LogP contribution in [-0.4, -0.2) is 23.5 Å². The van der Waals surface area contributed by atoms with Crippen molar-refractivity contribution in [1.82, 2.24) is 0 Å². The van der Waals surface area contributed by atoms with Gasteiger partial charge in [0.2, 0.25) is 5.91 Å². The van der Waals surface area contributed by atoms with Crippen molar-refractivity contribution < 1.29 is 14.7 Å². The van der Waals surface area contributed by atoms with Gasteiger partial charge in [0.15, 0.2) is 0 Å². The Balaban J connectivity index is 3.19. The molecule has 1 N–H and O–H groups in total. The van der Waals surface area contributed by atoms with E-state index >= 15 is 0 Å². The van der Waals surface area contributed by atoms with Crippen LogP contribution in [0.1, 0.15) is 32.8 Å². The van der Waals surface area contributed by atoms with Gasteiger partial charge in [-0.3, -0.25) is 9.59 Å². The third kappa shape index (κ3) is 3.97. The fourth-order valence-corrected chi connectivity index (χ4v) is 2.00. The minimum Gasteiger partial charge on any atom is -0.481 e. The third-order valence-corrected chi connectivity index (χ3v) is 3.38. The highest BCUT2D eigenvalue weighted by molar-refractivity contribution is 6.31. The lowest BCUT2D eigenvalue weighted by atomic mass is 9.94. The Hall–Kier alpha value is -1.55. The molecule has 0 aliphatic rings. The number of carboxylic acid groups (broad SMARTS) is 1. The molecule has 5 heteroatoms. The number of carbonyl (C=O) groups is 2. The molecule has 110 valence electrons. The van der Waals surface area contributed by atoms with Crippen LogP contribution in [0.3, 0.4) is 0 Å². The molecule has 1 amide bonds. The summed E-state index contributed by atoms with van der Waals surface area (Å²) < 4.78 is 0. The highest BCUT2D eigenvalue weighted by Crippen LogP contribution is 2.30. The number of aliphatic carboxylic acids is 1. The van der Waals surface area contributed by atoms with Crippen molar-refractivity contribution in [3.05, 3.63) is 28.8 Å². The molecule has 1 rings (SSSR count). The van der Waals surface area contributed by atoms with E-state index in [1.807, 2.05) is 27.7 Å². The summed E-state index contributed by atoms with van der Waals surface area (Å²) in [6.07, 6.45) is -0.103. The van der Waals surface area contributed by atoms with Gasteiger partial charge in [-0.1, -0.05) is 38.4 Å². The first-order chi connectivity index (χ1) is 9.14. The second kappa shape index (κ2) is 6.27. The van der Waals surface area contributed by atoms with E-state index in [1.165, 1.54) is 4.90 Å². The van der Waals surface area contributed by atoms with Gasteiger partial charge in [-0.25, -0.2) is 0 Å². The Morgan fingerprint density at radius 2 is 1.90 bits per heavy atom. The Bertz CT molecular complexity index is 520. The SMILES string of the molecule is Cc1c(Cl)cccc1N(CCC(=O)O)C(=O)C(C)(C)C. The van der Waals surface area contributed by atoms with E-state index in [1.54, 1.807) is 18.2 Å². The van der Waals surface area contributed by atoms with Crippen LogP contribution in [0.4, 0.5) is 5.69 Å². The number of anilines is 1. The first-order valence-corrected chi connectivity index (χ1v) is 6.81. The van der Waals surface area contributed by atoms with Crippen LogP contribution >= 0.6 is 11.6 Å². The summed E-state index contributed by atoms with van der Waals surface area (Å²) in [6.45, 7) is 7.38. The van der Waals surface area contributed by atoms with Crippen LogP contribution in [-0.2, 0) is 9.59 Å². The molecule has 0 aliphatic carbocycles. The van der Waals surface area contributed by atoms with Crippen LogP contribution in [0.25, 0.3) is 0 Å². The number of hydrogen-bond acceptors (Lipinski definition) is 2. The van der Waals surface area contributed by atoms with E-state index in [0.717, 1.165) is 5.56 Å². The van der Waals surface area contributed by atoms with Gasteiger partial charge < -0.3 is 10.0 Å². The van der Waals surface area contributed by atoms with Gasteiger partial charge in [0.1, 0.15) is 0 Å². The Labute approximate surface area is 124 Å². The monoisotopic (exact) mass is 297 g/mol. The lowest BCUT2D eigenvalue weighted by Crippen LogP contribution is -2.41. The number of amides is 1. The number of benzene rings is 1. The lowest BCUT2D eigenvalue weighted by molar-refractivity contribution is -0.136. The molecule has 0 bridgehead atoms. The average Bonchev–Trinajstić information content (AvgIpc) is 2.32. The largest absolute Gasteiger partial charge is 0.481 e. The second-order valence-electron chi connectivity index (χ2n) is 5.73. The number of carbonyl (C=O) groups excluding carboxylic acids is 1. The van der Waals surface area contributed by atoms with Gasteiger partial charge in [0.25, 0.3) is 0 Å². The number of hydrogen-bond donors (Lipinski definition) is 1. The summed E-state index contributed by atoms with van der Waals surface area (Å²) in [5.41, 5.74) is 0.851. The van der Waals surface area contributed by atoms with Gasteiger partial charge in [0, 0.05) is 22.7 Å². The molecule has 0 aromatic heterocycles. The van der Waals surface area contributed by atoms with Crippen LogP contribution in [0.2, 0.25) is 5.02 Å². The molecule has 0 fully saturated rings. The maximum Gasteiger partial charge on any atom is 0.305 e. The zero-order chi connectivity index (χ0) is 15.5. The van der Waals surface area contributed by atoms with E-state index < -0.39 is 11.4 Å². The quantitative estimate of drug-likeness (QED) is 0.925. The van der Waals surface area contributed by atoms with Crippen LogP contribution in [0.5, 0.6) is 0 Å². The second-order valence-corrected chi connectivity index (χ2v) is 6.14. The summed E-state index contributed by atoms with van der Waals surface area (Å²) in [5.74, 6) is -1.06. The molecule has 0 radical (unpaired) electrons. The molecule has 0 spiro atoms. The summed E-state index contributed by atoms with van der Waals surface area (Å²) in [4.78, 5) is 24.8. The maximum atomic E-state index is 12.5. The fourth-order valence-electron chi connectivity index (χ4n) is 1.83. The smallest absolute Gasteiger partial charge is 0.305 e. The van der Waals surface area contributed by atoms with Crippen molar-refractivity contribution in [3.8, 4) is 0 Å². The molecule has 0 atom stereocenters. The third-order valence-electron chi connectivity index (χ3n) is 2.97. The first kappa shape index (κ1) is 16.5. The first-order valence-electron chi connectivity index (χ1n) is 6.43. The predicted octanol–water partition coefficient (Wildman–Crippen LogP) is 3.50. The van der Waals surface area contributed by atoms with Crippen molar-refractivity contribution in [1.29, 1.82) is 0 Å². The number of rotatable bonds is 4. The summed E-state index contributed by atoms with van der Waals surface area (Å²) in [5, 5.41) is 9.41. The summed E-state index contributed by atoms with van der Waals surface area (Å²) in [6, 6.07) is 5.29. The predicted molar refractivity (Wildman–Crippen MR) is 80.2 cm³/mol. The van der Waals surface area contributed by atoms with E-state index in [0.29, 0.717) is 10.7 Å².